The molecular formula is C14H17ClF2N2O3. The molecule has 0 spiro atoms. The molecule has 0 atom stereocenters. The summed E-state index contributed by atoms with van der Waals surface area (Å²) in [6, 6.07) is 5.58. The molecule has 1 aromatic rings. The number of nitrogens with zero attached hydrogens (tertiary/aromatic N) is 1. The number of amides is 1. The molecule has 1 N–H and O–H groups in total. The number of hydrogen-bond donors (Lipinski definition) is 1. The Morgan fingerprint density at radius 3 is 2.55 bits per heavy atom. The third-order valence-corrected chi connectivity index (χ3v) is 3.21. The highest BCUT2D eigenvalue weighted by atomic mass is 35.5. The largest absolute Gasteiger partial charge is 0.487 e. The Balaban J connectivity index is 1.76. The van der Waals surface area contributed by atoms with Gasteiger partial charge in [-0.2, -0.15) is 0 Å². The van der Waals surface area contributed by atoms with Gasteiger partial charge in [0.15, 0.2) is 0 Å². The monoisotopic (exact) mass is 334 g/mol. The second-order valence-corrected chi connectivity index (χ2v) is 5.26. The van der Waals surface area contributed by atoms with E-state index >= 15 is 0 Å². The first kappa shape index (κ1) is 16.9. The molecule has 0 unspecified atom stereocenters. The summed E-state index contributed by atoms with van der Waals surface area (Å²) < 4.78 is 34.3. The number of benzene rings is 1. The highest BCUT2D eigenvalue weighted by molar-refractivity contribution is 6.20. The van der Waals surface area contributed by atoms with Crippen molar-refractivity contribution in [1.29, 1.82) is 0 Å². The Bertz CT molecular complexity index is 488. The van der Waals surface area contributed by atoms with Crippen molar-refractivity contribution in [3.8, 4) is 5.75 Å². The van der Waals surface area contributed by atoms with Gasteiger partial charge in [0.25, 0.3) is 0 Å². The van der Waals surface area contributed by atoms with Gasteiger partial charge in [-0.3, -0.25) is 9.69 Å². The number of hydrogen-bond acceptors (Lipinski definition) is 4. The van der Waals surface area contributed by atoms with Crippen LogP contribution in [0.1, 0.15) is 6.42 Å². The zero-order valence-electron chi connectivity index (χ0n) is 11.9. The molecule has 1 aliphatic rings. The van der Waals surface area contributed by atoms with E-state index in [-0.39, 0.29) is 11.7 Å². The lowest BCUT2D eigenvalue weighted by molar-refractivity contribution is -0.116. The summed E-state index contributed by atoms with van der Waals surface area (Å²) in [4.78, 5) is 14.0. The van der Waals surface area contributed by atoms with Crippen LogP contribution in [0.2, 0.25) is 0 Å². The van der Waals surface area contributed by atoms with Crippen LogP contribution >= 0.6 is 11.6 Å². The predicted molar refractivity (Wildman–Crippen MR) is 78.4 cm³/mol. The Hall–Kier alpha value is -1.44. The van der Waals surface area contributed by atoms with Crippen molar-refractivity contribution in [1.82, 2.24) is 4.90 Å². The third-order valence-electron chi connectivity index (χ3n) is 3.13. The molecule has 1 aliphatic heterocycles. The van der Waals surface area contributed by atoms with Crippen LogP contribution in [-0.2, 0) is 9.53 Å². The molecule has 0 aromatic heterocycles. The summed E-state index contributed by atoms with van der Waals surface area (Å²) in [5.41, 5.74) is -3.24. The molecule has 122 valence electrons. The zero-order valence-corrected chi connectivity index (χ0v) is 12.6. The molecule has 1 aromatic carbocycles. The maximum atomic E-state index is 12.5. The number of morpholine rings is 1. The maximum Gasteiger partial charge on any atom is 0.487 e. The van der Waals surface area contributed by atoms with Crippen molar-refractivity contribution in [2.45, 2.75) is 12.0 Å². The van der Waals surface area contributed by atoms with Gasteiger partial charge in [0.2, 0.25) is 5.91 Å². The van der Waals surface area contributed by atoms with E-state index in [1.165, 1.54) is 24.3 Å². The van der Waals surface area contributed by atoms with Gasteiger partial charge in [-0.05, 0) is 24.3 Å². The predicted octanol–water partition coefficient (Wildman–Crippen LogP) is 2.52. The highest BCUT2D eigenvalue weighted by Gasteiger charge is 2.27. The number of carbonyl (C=O) groups is 1. The first-order valence-electron chi connectivity index (χ1n) is 6.88. The van der Waals surface area contributed by atoms with E-state index in [0.29, 0.717) is 31.9 Å². The minimum absolute atomic E-state index is 0.0775. The Labute approximate surface area is 132 Å². The first-order valence-corrected chi connectivity index (χ1v) is 7.26. The van der Waals surface area contributed by atoms with Crippen LogP contribution < -0.4 is 10.1 Å². The molecule has 5 nitrogen and oxygen atoms in total. The SMILES string of the molecule is O=C(CCN1CCOCC1)Nc1ccc(OC(F)(F)Cl)cc1. The molecule has 0 aliphatic carbocycles. The van der Waals surface area contributed by atoms with Crippen LogP contribution in [0.25, 0.3) is 0 Å². The Morgan fingerprint density at radius 1 is 1.32 bits per heavy atom. The average Bonchev–Trinajstić information content (AvgIpc) is 2.47. The second kappa shape index (κ2) is 7.71. The van der Waals surface area contributed by atoms with Gasteiger partial charge in [-0.1, -0.05) is 0 Å². The van der Waals surface area contributed by atoms with Crippen molar-refractivity contribution in [2.24, 2.45) is 0 Å². The summed E-state index contributed by atoms with van der Waals surface area (Å²) in [5, 5.41) is 2.70. The number of carbonyl (C=O) groups excluding carboxylic acids is 1. The summed E-state index contributed by atoms with van der Waals surface area (Å²) in [6.45, 7) is 3.69. The molecule has 1 saturated heterocycles. The lowest BCUT2D eigenvalue weighted by atomic mass is 10.3. The third kappa shape index (κ3) is 6.13. The van der Waals surface area contributed by atoms with Crippen molar-refractivity contribution in [3.05, 3.63) is 24.3 Å². The van der Waals surface area contributed by atoms with E-state index in [1.807, 2.05) is 0 Å². The van der Waals surface area contributed by atoms with E-state index in [9.17, 15) is 13.6 Å². The lowest BCUT2D eigenvalue weighted by Gasteiger charge is -2.26. The van der Waals surface area contributed by atoms with Gasteiger partial charge in [0.05, 0.1) is 13.2 Å². The fourth-order valence-corrected chi connectivity index (χ4v) is 2.14. The highest BCUT2D eigenvalue weighted by Crippen LogP contribution is 2.25. The van der Waals surface area contributed by atoms with Gasteiger partial charge in [-0.25, -0.2) is 0 Å². The van der Waals surface area contributed by atoms with Gasteiger partial charge in [-0.15, -0.1) is 8.78 Å². The normalized spacial score (nSPS) is 16.3. The molecule has 8 heteroatoms. The molecule has 2 rings (SSSR count). The maximum absolute atomic E-state index is 12.5. The summed E-state index contributed by atoms with van der Waals surface area (Å²) in [6.07, 6.45) is 0.359. The van der Waals surface area contributed by atoms with Gasteiger partial charge in [0.1, 0.15) is 5.75 Å². The molecule has 0 radical (unpaired) electrons. The van der Waals surface area contributed by atoms with Gasteiger partial charge in [0, 0.05) is 43.3 Å². The lowest BCUT2D eigenvalue weighted by Crippen LogP contribution is -2.38. The number of rotatable bonds is 6. The fourth-order valence-electron chi connectivity index (χ4n) is 2.05. The number of nitrogens with one attached hydrogen (secondary N) is 1. The number of alkyl halides is 3. The van der Waals surface area contributed by atoms with E-state index in [4.69, 9.17) is 4.74 Å². The molecule has 1 fully saturated rings. The quantitative estimate of drug-likeness (QED) is 0.812. The van der Waals surface area contributed by atoms with Crippen molar-refractivity contribution in [3.63, 3.8) is 0 Å². The molecule has 22 heavy (non-hydrogen) atoms. The zero-order chi connectivity index (χ0) is 16.0. The van der Waals surface area contributed by atoms with Crippen molar-refractivity contribution >= 4 is 23.2 Å². The minimum atomic E-state index is -3.75. The van der Waals surface area contributed by atoms with Crippen molar-refractivity contribution in [2.75, 3.05) is 38.2 Å². The van der Waals surface area contributed by atoms with Gasteiger partial charge < -0.3 is 14.8 Å². The average molecular weight is 335 g/mol. The molecule has 0 saturated carbocycles. The van der Waals surface area contributed by atoms with Crippen molar-refractivity contribution < 1.29 is 23.0 Å². The molecular weight excluding hydrogens is 318 g/mol. The number of halogens is 3. The number of ether oxygens (including phenoxy) is 2. The van der Waals surface area contributed by atoms with Crippen LogP contribution in [0, 0.1) is 0 Å². The van der Waals surface area contributed by atoms with Crippen LogP contribution in [0.5, 0.6) is 5.75 Å². The second-order valence-electron chi connectivity index (χ2n) is 4.82. The van der Waals surface area contributed by atoms with E-state index in [0.717, 1.165) is 13.1 Å². The number of anilines is 1. The van der Waals surface area contributed by atoms with E-state index in [2.05, 4.69) is 26.6 Å². The van der Waals surface area contributed by atoms with Crippen LogP contribution in [0.15, 0.2) is 24.3 Å². The Kier molecular flexibility index (Phi) is 5.93. The van der Waals surface area contributed by atoms with E-state index < -0.39 is 5.57 Å². The van der Waals surface area contributed by atoms with E-state index in [1.54, 1.807) is 0 Å². The summed E-state index contributed by atoms with van der Waals surface area (Å²) >= 11 is 4.67. The van der Waals surface area contributed by atoms with Crippen LogP contribution in [0.3, 0.4) is 0 Å². The molecule has 1 heterocycles. The smallest absolute Gasteiger partial charge is 0.420 e. The van der Waals surface area contributed by atoms with Gasteiger partial charge >= 0.3 is 5.57 Å². The minimum Gasteiger partial charge on any atom is -0.420 e. The molecule has 1 amide bonds. The summed E-state index contributed by atoms with van der Waals surface area (Å²) in [7, 11) is 0. The fraction of sp³-hybridized carbons (Fsp3) is 0.500. The standard InChI is InChI=1S/C14H17ClF2N2O3/c15-14(16,17)22-12-3-1-11(2-4-12)18-13(20)5-6-19-7-9-21-10-8-19/h1-4H,5-10H2,(H,18,20). The summed E-state index contributed by atoms with van der Waals surface area (Å²) in [5.74, 6) is -0.214. The topological polar surface area (TPSA) is 50.8 Å². The molecule has 0 bridgehead atoms. The first-order chi connectivity index (χ1) is 10.4. The Morgan fingerprint density at radius 2 is 1.95 bits per heavy atom. The van der Waals surface area contributed by atoms with Crippen LogP contribution in [-0.4, -0.2) is 49.2 Å². The van der Waals surface area contributed by atoms with Crippen LogP contribution in [0.4, 0.5) is 14.5 Å².